The molecule has 0 fully saturated rings. The third-order valence-corrected chi connectivity index (χ3v) is 3.55. The van der Waals surface area contributed by atoms with Gasteiger partial charge in [-0.15, -0.1) is 10.2 Å². The number of halogens is 2. The zero-order chi connectivity index (χ0) is 17.8. The van der Waals surface area contributed by atoms with Crippen molar-refractivity contribution in [3.63, 3.8) is 0 Å². The van der Waals surface area contributed by atoms with Crippen LogP contribution < -0.4 is 10.2 Å². The first-order valence-electron chi connectivity index (χ1n) is 7.43. The molecule has 1 aromatic heterocycles. The number of benzene rings is 2. The molecule has 126 valence electrons. The first-order valence-corrected chi connectivity index (χ1v) is 7.43. The second kappa shape index (κ2) is 7.04. The largest absolute Gasteiger partial charge is 0.328 e. The summed E-state index contributed by atoms with van der Waals surface area (Å²) in [5.41, 5.74) is 1.13. The fourth-order valence-corrected chi connectivity index (χ4v) is 2.18. The van der Waals surface area contributed by atoms with Crippen LogP contribution in [0.3, 0.4) is 0 Å². The summed E-state index contributed by atoms with van der Waals surface area (Å²) in [6, 6.07) is 15.8. The number of nitrogens with zero attached hydrogens (tertiary/aromatic N) is 3. The maximum atomic E-state index is 13.2. The number of carbonyl (C=O) groups is 1. The van der Waals surface area contributed by atoms with Crippen LogP contribution in [0.5, 0.6) is 0 Å². The Morgan fingerprint density at radius 3 is 2.36 bits per heavy atom. The first-order chi connectivity index (χ1) is 12.0. The van der Waals surface area contributed by atoms with Crippen LogP contribution in [0.25, 0.3) is 0 Å². The van der Waals surface area contributed by atoms with Gasteiger partial charge >= 0.3 is 0 Å². The smallest absolute Gasteiger partial charge is 0.276 e. The number of hydrogen-bond acceptors (Lipinski definition) is 4. The molecule has 0 aliphatic heterocycles. The molecule has 0 saturated heterocycles. The van der Waals surface area contributed by atoms with Crippen molar-refractivity contribution in [3.05, 3.63) is 78.0 Å². The lowest BCUT2D eigenvalue weighted by molar-refractivity contribution is 0.102. The van der Waals surface area contributed by atoms with Gasteiger partial charge in [-0.25, -0.2) is 8.78 Å². The Morgan fingerprint density at radius 2 is 1.72 bits per heavy atom. The van der Waals surface area contributed by atoms with E-state index in [-0.39, 0.29) is 11.4 Å². The van der Waals surface area contributed by atoms with Crippen LogP contribution in [0.4, 0.5) is 26.0 Å². The maximum absolute atomic E-state index is 13.2. The van der Waals surface area contributed by atoms with Gasteiger partial charge < -0.3 is 10.2 Å². The molecule has 3 rings (SSSR count). The number of para-hydroxylation sites is 1. The quantitative estimate of drug-likeness (QED) is 0.785. The summed E-state index contributed by atoms with van der Waals surface area (Å²) >= 11 is 0. The molecule has 1 amide bonds. The average Bonchev–Trinajstić information content (AvgIpc) is 2.65. The minimum absolute atomic E-state index is 0.0648. The molecule has 0 saturated carbocycles. The lowest BCUT2D eigenvalue weighted by atomic mass is 10.2. The van der Waals surface area contributed by atoms with E-state index in [1.807, 2.05) is 42.3 Å². The zero-order valence-electron chi connectivity index (χ0n) is 13.3. The van der Waals surface area contributed by atoms with E-state index in [0.29, 0.717) is 5.82 Å². The van der Waals surface area contributed by atoms with Crippen LogP contribution in [-0.2, 0) is 0 Å². The van der Waals surface area contributed by atoms with Crippen molar-refractivity contribution < 1.29 is 13.6 Å². The topological polar surface area (TPSA) is 58.1 Å². The number of aromatic nitrogens is 2. The molecular weight excluding hydrogens is 326 g/mol. The Kier molecular flexibility index (Phi) is 4.65. The fraction of sp³-hybridized carbons (Fsp3) is 0.0556. The first kappa shape index (κ1) is 16.5. The van der Waals surface area contributed by atoms with Gasteiger partial charge in [0.15, 0.2) is 23.1 Å². The van der Waals surface area contributed by atoms with Crippen LogP contribution >= 0.6 is 0 Å². The molecule has 0 spiro atoms. The number of hydrogen-bond donors (Lipinski definition) is 1. The fourth-order valence-electron chi connectivity index (χ4n) is 2.18. The monoisotopic (exact) mass is 340 g/mol. The zero-order valence-corrected chi connectivity index (χ0v) is 13.3. The van der Waals surface area contributed by atoms with Crippen molar-refractivity contribution in [2.24, 2.45) is 0 Å². The Hall–Kier alpha value is -3.35. The predicted octanol–water partition coefficient (Wildman–Crippen LogP) is 3.78. The van der Waals surface area contributed by atoms with E-state index in [1.54, 1.807) is 6.07 Å². The van der Waals surface area contributed by atoms with Gasteiger partial charge in [-0.3, -0.25) is 4.79 Å². The Labute approximate surface area is 142 Å². The molecule has 5 nitrogen and oxygen atoms in total. The van der Waals surface area contributed by atoms with Gasteiger partial charge in [0.1, 0.15) is 0 Å². The Balaban J connectivity index is 1.73. The van der Waals surface area contributed by atoms with Gasteiger partial charge in [0.2, 0.25) is 0 Å². The minimum atomic E-state index is -1.04. The number of nitrogens with one attached hydrogen (secondary N) is 1. The van der Waals surface area contributed by atoms with E-state index >= 15 is 0 Å². The van der Waals surface area contributed by atoms with Crippen molar-refractivity contribution in [2.75, 3.05) is 17.3 Å². The highest BCUT2D eigenvalue weighted by atomic mass is 19.2. The molecule has 7 heteroatoms. The van der Waals surface area contributed by atoms with Crippen LogP contribution in [0.15, 0.2) is 60.7 Å². The third kappa shape index (κ3) is 3.77. The highest BCUT2D eigenvalue weighted by molar-refractivity contribution is 6.02. The van der Waals surface area contributed by atoms with E-state index in [0.717, 1.165) is 17.8 Å². The van der Waals surface area contributed by atoms with Crippen molar-refractivity contribution in [1.29, 1.82) is 0 Å². The summed E-state index contributed by atoms with van der Waals surface area (Å²) in [4.78, 5) is 13.9. The Morgan fingerprint density at radius 1 is 0.960 bits per heavy atom. The molecule has 0 bridgehead atoms. The van der Waals surface area contributed by atoms with E-state index in [1.165, 1.54) is 12.1 Å². The van der Waals surface area contributed by atoms with Gasteiger partial charge in [-0.2, -0.15) is 0 Å². The second-order valence-electron chi connectivity index (χ2n) is 5.25. The summed E-state index contributed by atoms with van der Waals surface area (Å²) in [5.74, 6) is -2.02. The molecule has 0 aliphatic carbocycles. The van der Waals surface area contributed by atoms with E-state index in [2.05, 4.69) is 15.5 Å². The van der Waals surface area contributed by atoms with E-state index in [4.69, 9.17) is 0 Å². The van der Waals surface area contributed by atoms with Crippen molar-refractivity contribution in [2.45, 2.75) is 0 Å². The summed E-state index contributed by atoms with van der Waals surface area (Å²) in [5, 5.41) is 10.4. The molecule has 0 radical (unpaired) electrons. The number of rotatable bonds is 4. The van der Waals surface area contributed by atoms with Gasteiger partial charge in [0.25, 0.3) is 5.91 Å². The van der Waals surface area contributed by atoms with Crippen LogP contribution in [0.2, 0.25) is 0 Å². The summed E-state index contributed by atoms with van der Waals surface area (Å²) in [7, 11) is 1.83. The lowest BCUT2D eigenvalue weighted by Crippen LogP contribution is -2.17. The van der Waals surface area contributed by atoms with Gasteiger partial charge in [0.05, 0.1) is 0 Å². The molecule has 0 atom stereocenters. The van der Waals surface area contributed by atoms with Crippen LogP contribution in [0.1, 0.15) is 10.5 Å². The highest BCUT2D eigenvalue weighted by Crippen LogP contribution is 2.20. The normalized spacial score (nSPS) is 10.4. The van der Waals surface area contributed by atoms with E-state index in [9.17, 15) is 13.6 Å². The number of carbonyl (C=O) groups excluding carboxylic acids is 1. The highest BCUT2D eigenvalue weighted by Gasteiger charge is 2.12. The van der Waals surface area contributed by atoms with Crippen molar-refractivity contribution >= 4 is 23.1 Å². The summed E-state index contributed by atoms with van der Waals surface area (Å²) < 4.78 is 26.1. The molecule has 25 heavy (non-hydrogen) atoms. The molecule has 1 heterocycles. The second-order valence-corrected chi connectivity index (χ2v) is 5.25. The lowest BCUT2D eigenvalue weighted by Gasteiger charge is -2.17. The van der Waals surface area contributed by atoms with Crippen molar-refractivity contribution in [3.8, 4) is 0 Å². The molecule has 3 aromatic rings. The molecule has 2 aromatic carbocycles. The van der Waals surface area contributed by atoms with Crippen LogP contribution in [0, 0.1) is 11.6 Å². The van der Waals surface area contributed by atoms with Gasteiger partial charge in [-0.05, 0) is 36.4 Å². The number of amides is 1. The average molecular weight is 340 g/mol. The maximum Gasteiger partial charge on any atom is 0.276 e. The number of anilines is 3. The summed E-state index contributed by atoms with van der Waals surface area (Å²) in [6.45, 7) is 0. The van der Waals surface area contributed by atoms with Crippen molar-refractivity contribution in [1.82, 2.24) is 10.2 Å². The predicted molar refractivity (Wildman–Crippen MR) is 90.8 cm³/mol. The summed E-state index contributed by atoms with van der Waals surface area (Å²) in [6.07, 6.45) is 0. The molecule has 0 aliphatic rings. The SMILES string of the molecule is CN(c1ccccc1)c1ccc(C(=O)Nc2ccc(F)c(F)c2)nn1. The van der Waals surface area contributed by atoms with E-state index < -0.39 is 17.5 Å². The molecular formula is C18H14F2N4O. The minimum Gasteiger partial charge on any atom is -0.328 e. The molecule has 0 unspecified atom stereocenters. The third-order valence-electron chi connectivity index (χ3n) is 3.55. The van der Waals surface area contributed by atoms with Crippen LogP contribution in [-0.4, -0.2) is 23.2 Å². The van der Waals surface area contributed by atoms with Gasteiger partial charge in [0, 0.05) is 24.5 Å². The standard InChI is InChI=1S/C18H14F2N4O/c1-24(13-5-3-2-4-6-13)17-10-9-16(22-23-17)18(25)21-12-7-8-14(19)15(20)11-12/h2-11H,1H3,(H,21,25). The Bertz CT molecular complexity index is 885. The molecule has 1 N–H and O–H groups in total. The van der Waals surface area contributed by atoms with Gasteiger partial charge in [-0.1, -0.05) is 18.2 Å².